The van der Waals surface area contributed by atoms with Gasteiger partial charge in [0.05, 0.1) is 26.0 Å². The maximum Gasteiger partial charge on any atom is 0.230 e. The standard InChI is InChI=1S/C19H25N3O3/c1-14-12-20-13-22(14)10-4-9-21-18(23)19(7-8-19)15-5-6-16(24-2)17(11-15)25-3/h5-6,11-13H,4,7-10H2,1-3H3,(H,21,23). The Morgan fingerprint density at radius 1 is 1.28 bits per heavy atom. The van der Waals surface area contributed by atoms with E-state index in [9.17, 15) is 4.79 Å². The van der Waals surface area contributed by atoms with Crippen molar-refractivity contribution in [1.82, 2.24) is 14.9 Å². The van der Waals surface area contributed by atoms with Gasteiger partial charge >= 0.3 is 0 Å². The molecule has 1 aliphatic carbocycles. The van der Waals surface area contributed by atoms with E-state index in [1.54, 1.807) is 14.2 Å². The van der Waals surface area contributed by atoms with Crippen molar-refractivity contribution in [3.63, 3.8) is 0 Å². The molecule has 0 radical (unpaired) electrons. The van der Waals surface area contributed by atoms with Gasteiger partial charge in [0, 0.05) is 25.0 Å². The quantitative estimate of drug-likeness (QED) is 0.748. The summed E-state index contributed by atoms with van der Waals surface area (Å²) in [5.74, 6) is 1.44. The number of rotatable bonds is 8. The van der Waals surface area contributed by atoms with Crippen LogP contribution in [0.2, 0.25) is 0 Å². The summed E-state index contributed by atoms with van der Waals surface area (Å²) in [7, 11) is 3.22. The van der Waals surface area contributed by atoms with Crippen molar-refractivity contribution in [2.24, 2.45) is 0 Å². The largest absolute Gasteiger partial charge is 0.493 e. The molecule has 1 saturated carbocycles. The number of imidazole rings is 1. The highest BCUT2D eigenvalue weighted by Gasteiger charge is 2.51. The third-order valence-corrected chi connectivity index (χ3v) is 4.90. The van der Waals surface area contributed by atoms with E-state index in [-0.39, 0.29) is 5.91 Å². The molecule has 1 aromatic heterocycles. The first-order valence-corrected chi connectivity index (χ1v) is 8.58. The highest BCUT2D eigenvalue weighted by atomic mass is 16.5. The van der Waals surface area contributed by atoms with Crippen molar-refractivity contribution in [2.45, 2.75) is 38.1 Å². The minimum atomic E-state index is -0.412. The molecule has 134 valence electrons. The molecule has 6 heteroatoms. The monoisotopic (exact) mass is 343 g/mol. The van der Waals surface area contributed by atoms with Gasteiger partial charge in [-0.25, -0.2) is 4.98 Å². The summed E-state index contributed by atoms with van der Waals surface area (Å²) in [4.78, 5) is 16.8. The van der Waals surface area contributed by atoms with Gasteiger partial charge in [-0.2, -0.15) is 0 Å². The molecular formula is C19H25N3O3. The van der Waals surface area contributed by atoms with Crippen LogP contribution in [0.1, 0.15) is 30.5 Å². The second-order valence-electron chi connectivity index (χ2n) is 6.49. The predicted octanol–water partition coefficient (Wildman–Crippen LogP) is 2.45. The lowest BCUT2D eigenvalue weighted by atomic mass is 9.94. The van der Waals surface area contributed by atoms with Crippen LogP contribution in [-0.2, 0) is 16.8 Å². The van der Waals surface area contributed by atoms with E-state index in [1.807, 2.05) is 37.6 Å². The molecule has 3 rings (SSSR count). The number of benzene rings is 1. The Bertz CT molecular complexity index is 750. The van der Waals surface area contributed by atoms with Crippen LogP contribution < -0.4 is 14.8 Å². The Morgan fingerprint density at radius 3 is 2.64 bits per heavy atom. The Kier molecular flexibility index (Phi) is 4.97. The van der Waals surface area contributed by atoms with Crippen LogP contribution in [0.3, 0.4) is 0 Å². The zero-order valence-corrected chi connectivity index (χ0v) is 15.0. The van der Waals surface area contributed by atoms with Crippen molar-refractivity contribution < 1.29 is 14.3 Å². The predicted molar refractivity (Wildman–Crippen MR) is 95.0 cm³/mol. The van der Waals surface area contributed by atoms with Gasteiger partial charge in [-0.1, -0.05) is 6.07 Å². The fraction of sp³-hybridized carbons (Fsp3) is 0.474. The third-order valence-electron chi connectivity index (χ3n) is 4.90. The first-order valence-electron chi connectivity index (χ1n) is 8.58. The first kappa shape index (κ1) is 17.3. The van der Waals surface area contributed by atoms with Gasteiger partial charge in [-0.3, -0.25) is 4.79 Å². The molecule has 1 fully saturated rings. The van der Waals surface area contributed by atoms with Gasteiger partial charge < -0.3 is 19.4 Å². The number of aryl methyl sites for hydroxylation is 2. The van der Waals surface area contributed by atoms with Gasteiger partial charge in [0.1, 0.15) is 0 Å². The molecule has 2 aromatic rings. The van der Waals surface area contributed by atoms with E-state index in [4.69, 9.17) is 9.47 Å². The number of ether oxygens (including phenoxy) is 2. The lowest BCUT2D eigenvalue weighted by Crippen LogP contribution is -2.35. The fourth-order valence-corrected chi connectivity index (χ4v) is 3.15. The van der Waals surface area contributed by atoms with Crippen molar-refractivity contribution in [3.05, 3.63) is 42.0 Å². The molecular weight excluding hydrogens is 318 g/mol. The van der Waals surface area contributed by atoms with E-state index in [0.29, 0.717) is 18.0 Å². The zero-order valence-electron chi connectivity index (χ0n) is 15.0. The number of carbonyl (C=O) groups is 1. The Hall–Kier alpha value is -2.50. The molecule has 1 N–H and O–H groups in total. The smallest absolute Gasteiger partial charge is 0.230 e. The van der Waals surface area contributed by atoms with Crippen molar-refractivity contribution >= 4 is 5.91 Å². The average Bonchev–Trinajstić information content (AvgIpc) is 3.35. The SMILES string of the molecule is COc1ccc(C2(C(=O)NCCCn3cncc3C)CC2)cc1OC. The Balaban J connectivity index is 1.59. The summed E-state index contributed by atoms with van der Waals surface area (Å²) >= 11 is 0. The summed E-state index contributed by atoms with van der Waals surface area (Å²) in [5.41, 5.74) is 1.72. The molecule has 0 spiro atoms. The lowest BCUT2D eigenvalue weighted by molar-refractivity contribution is -0.123. The number of amides is 1. The second kappa shape index (κ2) is 7.17. The number of hydrogen-bond acceptors (Lipinski definition) is 4. The van der Waals surface area contributed by atoms with E-state index < -0.39 is 5.41 Å². The number of carbonyl (C=O) groups excluding carboxylic acids is 1. The minimum absolute atomic E-state index is 0.0991. The number of nitrogens with zero attached hydrogens (tertiary/aromatic N) is 2. The molecule has 1 aromatic carbocycles. The van der Waals surface area contributed by atoms with E-state index in [0.717, 1.165) is 37.1 Å². The normalized spacial score (nSPS) is 14.8. The van der Waals surface area contributed by atoms with Crippen molar-refractivity contribution in [1.29, 1.82) is 0 Å². The number of nitrogens with one attached hydrogen (secondary N) is 1. The molecule has 0 saturated heterocycles. The van der Waals surface area contributed by atoms with Crippen LogP contribution in [0.15, 0.2) is 30.7 Å². The molecule has 1 aliphatic rings. The van der Waals surface area contributed by atoms with Crippen LogP contribution in [0, 0.1) is 6.92 Å². The van der Waals surface area contributed by atoms with Crippen molar-refractivity contribution in [3.8, 4) is 11.5 Å². The summed E-state index contributed by atoms with van der Waals surface area (Å²) in [6.07, 6.45) is 6.28. The summed E-state index contributed by atoms with van der Waals surface area (Å²) in [6.45, 7) is 3.54. The lowest BCUT2D eigenvalue weighted by Gasteiger charge is -2.18. The summed E-state index contributed by atoms with van der Waals surface area (Å²) in [6, 6.07) is 5.74. The highest BCUT2D eigenvalue weighted by Crippen LogP contribution is 2.50. The molecule has 0 atom stereocenters. The second-order valence-corrected chi connectivity index (χ2v) is 6.49. The molecule has 0 unspecified atom stereocenters. The maximum atomic E-state index is 12.7. The molecule has 0 bridgehead atoms. The average molecular weight is 343 g/mol. The van der Waals surface area contributed by atoms with Gasteiger partial charge in [-0.15, -0.1) is 0 Å². The van der Waals surface area contributed by atoms with Crippen LogP contribution in [0.25, 0.3) is 0 Å². The summed E-state index contributed by atoms with van der Waals surface area (Å²) < 4.78 is 12.7. The molecule has 25 heavy (non-hydrogen) atoms. The van der Waals surface area contributed by atoms with E-state index in [1.165, 1.54) is 0 Å². The zero-order chi connectivity index (χ0) is 17.9. The van der Waals surface area contributed by atoms with Crippen LogP contribution in [0.4, 0.5) is 0 Å². The molecule has 1 heterocycles. The topological polar surface area (TPSA) is 65.4 Å². The number of aromatic nitrogens is 2. The van der Waals surface area contributed by atoms with Crippen molar-refractivity contribution in [2.75, 3.05) is 20.8 Å². The van der Waals surface area contributed by atoms with E-state index >= 15 is 0 Å². The van der Waals surface area contributed by atoms with Crippen LogP contribution in [0.5, 0.6) is 11.5 Å². The number of methoxy groups -OCH3 is 2. The Labute approximate surface area is 148 Å². The van der Waals surface area contributed by atoms with Gasteiger partial charge in [0.15, 0.2) is 11.5 Å². The molecule has 6 nitrogen and oxygen atoms in total. The fourth-order valence-electron chi connectivity index (χ4n) is 3.15. The first-order chi connectivity index (χ1) is 12.1. The summed E-state index contributed by atoms with van der Waals surface area (Å²) in [5, 5.41) is 3.09. The van der Waals surface area contributed by atoms with Crippen LogP contribution in [-0.4, -0.2) is 36.2 Å². The molecule has 0 aliphatic heterocycles. The molecule has 1 amide bonds. The maximum absolute atomic E-state index is 12.7. The van der Waals surface area contributed by atoms with Gasteiger partial charge in [0.2, 0.25) is 5.91 Å². The van der Waals surface area contributed by atoms with Gasteiger partial charge in [0.25, 0.3) is 0 Å². The van der Waals surface area contributed by atoms with E-state index in [2.05, 4.69) is 14.9 Å². The minimum Gasteiger partial charge on any atom is -0.493 e. The Morgan fingerprint density at radius 2 is 2.04 bits per heavy atom. The highest BCUT2D eigenvalue weighted by molar-refractivity contribution is 5.91. The number of hydrogen-bond donors (Lipinski definition) is 1. The van der Waals surface area contributed by atoms with Crippen LogP contribution >= 0.6 is 0 Å². The van der Waals surface area contributed by atoms with Gasteiger partial charge in [-0.05, 0) is 43.9 Å². The third kappa shape index (κ3) is 3.48.